The van der Waals surface area contributed by atoms with Gasteiger partial charge in [-0.05, 0) is 44.0 Å². The Morgan fingerprint density at radius 2 is 2.03 bits per heavy atom. The first-order chi connectivity index (χ1) is 16.1. The second-order valence-corrected chi connectivity index (χ2v) is 10.3. The number of carbonyl (C=O) groups is 1. The summed E-state index contributed by atoms with van der Waals surface area (Å²) in [6.07, 6.45) is 2.90. The lowest BCUT2D eigenvalue weighted by atomic mass is 10.1. The topological polar surface area (TPSA) is 81.7 Å². The average Bonchev–Trinajstić information content (AvgIpc) is 3.40. The first kappa shape index (κ1) is 22.1. The predicted molar refractivity (Wildman–Crippen MR) is 131 cm³/mol. The molecule has 5 rings (SSSR count). The molecular weight excluding hydrogens is 458 g/mol. The number of thiophene rings is 1. The van der Waals surface area contributed by atoms with Gasteiger partial charge in [0.25, 0.3) is 5.56 Å². The number of aromatic nitrogens is 4. The fraction of sp³-hybridized carbons (Fsp3) is 0.391. The van der Waals surface area contributed by atoms with Crippen LogP contribution in [0.1, 0.15) is 29.7 Å². The Morgan fingerprint density at radius 1 is 1.21 bits per heavy atom. The van der Waals surface area contributed by atoms with Gasteiger partial charge < -0.3 is 9.64 Å². The Balaban J connectivity index is 1.61. The molecule has 1 aliphatic rings. The van der Waals surface area contributed by atoms with E-state index < -0.39 is 0 Å². The number of esters is 1. The Labute approximate surface area is 199 Å². The molecule has 0 saturated heterocycles. The lowest BCUT2D eigenvalue weighted by molar-refractivity contribution is -0.140. The van der Waals surface area contributed by atoms with E-state index in [0.29, 0.717) is 12.2 Å². The highest BCUT2D eigenvalue weighted by molar-refractivity contribution is 7.99. The van der Waals surface area contributed by atoms with Crippen LogP contribution in [-0.2, 0) is 22.5 Å². The number of para-hydroxylation sites is 1. The van der Waals surface area contributed by atoms with Gasteiger partial charge in [-0.1, -0.05) is 30.0 Å². The minimum absolute atomic E-state index is 0.0345. The van der Waals surface area contributed by atoms with E-state index >= 15 is 0 Å². The minimum Gasteiger partial charge on any atom is -0.469 e. The number of hydrogen-bond donors (Lipinski definition) is 0. The van der Waals surface area contributed by atoms with Crippen LogP contribution in [0.25, 0.3) is 21.7 Å². The zero-order valence-electron chi connectivity index (χ0n) is 18.6. The molecule has 33 heavy (non-hydrogen) atoms. The smallest absolute Gasteiger partial charge is 0.305 e. The minimum atomic E-state index is -0.185. The maximum absolute atomic E-state index is 13.8. The quantitative estimate of drug-likeness (QED) is 0.226. The number of unbranched alkanes of at least 4 members (excludes halogenated alkanes) is 1. The number of rotatable bonds is 7. The van der Waals surface area contributed by atoms with E-state index in [1.807, 2.05) is 34.7 Å². The van der Waals surface area contributed by atoms with Crippen LogP contribution >= 0.6 is 23.1 Å². The number of methoxy groups -OCH3 is 1. The van der Waals surface area contributed by atoms with Crippen molar-refractivity contribution in [1.82, 2.24) is 24.1 Å². The molecule has 4 aromatic rings. The second-order valence-electron chi connectivity index (χ2n) is 8.15. The number of nitrogens with zero attached hydrogens (tertiary/aromatic N) is 5. The van der Waals surface area contributed by atoms with Gasteiger partial charge in [-0.25, -0.2) is 8.97 Å². The lowest BCUT2D eigenvalue weighted by Crippen LogP contribution is -2.27. The van der Waals surface area contributed by atoms with Gasteiger partial charge in [-0.3, -0.25) is 9.59 Å². The van der Waals surface area contributed by atoms with Crippen LogP contribution in [0.4, 0.5) is 0 Å². The van der Waals surface area contributed by atoms with Crippen LogP contribution < -0.4 is 5.56 Å². The fourth-order valence-corrected chi connectivity index (χ4v) is 6.63. The molecule has 172 valence electrons. The van der Waals surface area contributed by atoms with Crippen molar-refractivity contribution in [2.45, 2.75) is 37.4 Å². The van der Waals surface area contributed by atoms with Gasteiger partial charge in [0.1, 0.15) is 4.83 Å². The summed E-state index contributed by atoms with van der Waals surface area (Å²) in [7, 11) is 3.52. The van der Waals surface area contributed by atoms with Gasteiger partial charge in [0.05, 0.1) is 18.2 Å². The normalized spacial score (nSPS) is 14.1. The summed E-state index contributed by atoms with van der Waals surface area (Å²) in [5, 5.41) is 10.5. The summed E-state index contributed by atoms with van der Waals surface area (Å²) in [4.78, 5) is 29.6. The molecule has 8 nitrogen and oxygen atoms in total. The van der Waals surface area contributed by atoms with Crippen molar-refractivity contribution < 1.29 is 9.53 Å². The third kappa shape index (κ3) is 4.07. The molecule has 0 atom stereocenters. The van der Waals surface area contributed by atoms with E-state index in [9.17, 15) is 9.59 Å². The van der Waals surface area contributed by atoms with E-state index in [4.69, 9.17) is 4.74 Å². The number of thioether (sulfide) groups is 1. The summed E-state index contributed by atoms with van der Waals surface area (Å²) in [6, 6.07) is 9.63. The maximum atomic E-state index is 13.8. The highest BCUT2D eigenvalue weighted by Gasteiger charge is 2.26. The second kappa shape index (κ2) is 9.28. The maximum Gasteiger partial charge on any atom is 0.305 e. The van der Waals surface area contributed by atoms with Gasteiger partial charge in [0.2, 0.25) is 5.78 Å². The van der Waals surface area contributed by atoms with Gasteiger partial charge in [-0.2, -0.15) is 0 Å². The summed E-state index contributed by atoms with van der Waals surface area (Å²) >= 11 is 3.28. The largest absolute Gasteiger partial charge is 0.469 e. The zero-order chi connectivity index (χ0) is 22.9. The van der Waals surface area contributed by atoms with Gasteiger partial charge in [0, 0.05) is 30.1 Å². The molecule has 0 N–H and O–H groups in total. The first-order valence-corrected chi connectivity index (χ1v) is 12.8. The molecule has 0 aliphatic carbocycles. The van der Waals surface area contributed by atoms with E-state index in [-0.39, 0.29) is 11.5 Å². The van der Waals surface area contributed by atoms with Crippen molar-refractivity contribution in [1.29, 1.82) is 0 Å². The standard InChI is InChI=1S/C23H25N5O3S2/c1-26-12-11-16-17(14-26)33-21-19(16)20(30)27(15-8-4-3-5-9-15)22-24-25-23(28(21)22)32-13-7-6-10-18(29)31-2/h3-5,8-9H,6-7,10-14H2,1-2H3. The van der Waals surface area contributed by atoms with Crippen LogP contribution in [0.15, 0.2) is 40.3 Å². The molecule has 3 aromatic heterocycles. The fourth-order valence-electron chi connectivity index (χ4n) is 4.22. The molecule has 0 amide bonds. The monoisotopic (exact) mass is 483 g/mol. The Kier molecular flexibility index (Phi) is 6.22. The molecule has 0 radical (unpaired) electrons. The number of fused-ring (bicyclic) bond motifs is 5. The van der Waals surface area contributed by atoms with Gasteiger partial charge >= 0.3 is 5.97 Å². The lowest BCUT2D eigenvalue weighted by Gasteiger charge is -2.21. The zero-order valence-corrected chi connectivity index (χ0v) is 20.2. The van der Waals surface area contributed by atoms with E-state index in [2.05, 4.69) is 22.1 Å². The van der Waals surface area contributed by atoms with E-state index in [1.165, 1.54) is 12.0 Å². The molecular formula is C23H25N5O3S2. The number of hydrogen-bond acceptors (Lipinski definition) is 8. The van der Waals surface area contributed by atoms with Gasteiger partial charge in [-0.15, -0.1) is 21.5 Å². The predicted octanol–water partition coefficient (Wildman–Crippen LogP) is 3.52. The molecule has 0 fully saturated rings. The Bertz CT molecular complexity index is 1380. The summed E-state index contributed by atoms with van der Waals surface area (Å²) < 4.78 is 8.44. The summed E-state index contributed by atoms with van der Waals surface area (Å²) in [5.74, 6) is 1.15. The van der Waals surface area contributed by atoms with Crippen molar-refractivity contribution in [3.05, 3.63) is 51.1 Å². The Morgan fingerprint density at radius 3 is 2.82 bits per heavy atom. The van der Waals surface area contributed by atoms with Crippen molar-refractivity contribution in [3.63, 3.8) is 0 Å². The third-order valence-corrected chi connectivity index (χ3v) is 8.13. The highest BCUT2D eigenvalue weighted by atomic mass is 32.2. The number of ether oxygens (including phenoxy) is 1. The average molecular weight is 484 g/mol. The molecule has 4 heterocycles. The van der Waals surface area contributed by atoms with Crippen LogP contribution in [0.2, 0.25) is 0 Å². The van der Waals surface area contributed by atoms with Crippen molar-refractivity contribution in [2.75, 3.05) is 26.5 Å². The van der Waals surface area contributed by atoms with Crippen molar-refractivity contribution in [3.8, 4) is 5.69 Å². The third-order valence-electron chi connectivity index (χ3n) is 5.91. The number of likely N-dealkylation sites (N-methyl/N-ethyl adjacent to an activating group) is 1. The molecule has 0 unspecified atom stereocenters. The van der Waals surface area contributed by atoms with E-state index in [1.54, 1.807) is 27.7 Å². The summed E-state index contributed by atoms with van der Waals surface area (Å²) in [5.41, 5.74) is 1.91. The van der Waals surface area contributed by atoms with Crippen LogP contribution in [-0.4, -0.2) is 56.5 Å². The van der Waals surface area contributed by atoms with Crippen molar-refractivity contribution >= 4 is 45.1 Å². The SMILES string of the molecule is COC(=O)CCCCSc1nnc2n(-c3ccccc3)c(=O)c3c4c(sc3n12)CN(C)CC4. The Hall–Kier alpha value is -2.69. The summed E-state index contributed by atoms with van der Waals surface area (Å²) in [6.45, 7) is 1.78. The molecule has 1 aliphatic heterocycles. The number of benzene rings is 1. The van der Waals surface area contributed by atoms with Gasteiger partial charge in [0.15, 0.2) is 5.16 Å². The highest BCUT2D eigenvalue weighted by Crippen LogP contribution is 2.35. The van der Waals surface area contributed by atoms with Crippen LogP contribution in [0, 0.1) is 0 Å². The molecule has 0 saturated carbocycles. The number of carbonyl (C=O) groups excluding carboxylic acids is 1. The van der Waals surface area contributed by atoms with Crippen LogP contribution in [0.5, 0.6) is 0 Å². The molecule has 0 bridgehead atoms. The molecule has 10 heteroatoms. The van der Waals surface area contributed by atoms with E-state index in [0.717, 1.165) is 64.7 Å². The van der Waals surface area contributed by atoms with Crippen LogP contribution in [0.3, 0.4) is 0 Å². The molecule has 0 spiro atoms. The molecule has 1 aromatic carbocycles. The first-order valence-electron chi connectivity index (χ1n) is 11.0. The van der Waals surface area contributed by atoms with Crippen molar-refractivity contribution in [2.24, 2.45) is 0 Å².